The molecule has 19 heavy (non-hydrogen) atoms. The summed E-state index contributed by atoms with van der Waals surface area (Å²) in [4.78, 5) is 10.8. The van der Waals surface area contributed by atoms with Crippen molar-refractivity contribution in [1.82, 2.24) is 4.31 Å². The average molecular weight is 303 g/mol. The topological polar surface area (TPSA) is 74.7 Å². The van der Waals surface area contributed by atoms with Gasteiger partial charge in [-0.2, -0.15) is 0 Å². The number of carboxylic acid groups (broad SMARTS) is 1. The predicted molar refractivity (Wildman–Crippen MR) is 73.1 cm³/mol. The lowest BCUT2D eigenvalue weighted by Crippen LogP contribution is -2.31. The number of sulfonamides is 1. The molecule has 0 saturated heterocycles. The zero-order chi connectivity index (χ0) is 14.0. The number of carboxylic acids is 1. The Bertz CT molecular complexity index is 558. The third-order valence-electron chi connectivity index (χ3n) is 3.50. The largest absolute Gasteiger partial charge is 0.477 e. The number of aromatic carboxylic acids is 1. The van der Waals surface area contributed by atoms with Crippen LogP contribution in [0.15, 0.2) is 16.3 Å². The fourth-order valence-corrected chi connectivity index (χ4v) is 4.96. The summed E-state index contributed by atoms with van der Waals surface area (Å²) in [6.07, 6.45) is 4.40. The van der Waals surface area contributed by atoms with Crippen molar-refractivity contribution in [3.63, 3.8) is 0 Å². The lowest BCUT2D eigenvalue weighted by Gasteiger charge is -2.20. The van der Waals surface area contributed by atoms with Crippen LogP contribution in [0.1, 0.15) is 35.4 Å². The number of nitrogens with zero attached hydrogens (tertiary/aromatic N) is 1. The predicted octanol–water partition coefficient (Wildman–Crippen LogP) is 2.26. The molecule has 0 radical (unpaired) electrons. The Morgan fingerprint density at radius 1 is 1.47 bits per heavy atom. The van der Waals surface area contributed by atoms with Crippen molar-refractivity contribution >= 4 is 27.3 Å². The molecule has 106 valence electrons. The van der Waals surface area contributed by atoms with Gasteiger partial charge in [0.15, 0.2) is 0 Å². The Labute approximate surface area is 116 Å². The molecule has 0 spiro atoms. The van der Waals surface area contributed by atoms with Gasteiger partial charge in [-0.1, -0.05) is 12.8 Å². The van der Waals surface area contributed by atoms with Gasteiger partial charge in [0, 0.05) is 13.6 Å². The molecule has 1 aliphatic carbocycles. The van der Waals surface area contributed by atoms with Crippen LogP contribution in [-0.2, 0) is 10.0 Å². The van der Waals surface area contributed by atoms with Crippen molar-refractivity contribution < 1.29 is 18.3 Å². The highest BCUT2D eigenvalue weighted by atomic mass is 32.2. The van der Waals surface area contributed by atoms with Crippen LogP contribution in [0.2, 0.25) is 0 Å². The molecular weight excluding hydrogens is 286 g/mol. The molecule has 0 unspecified atom stereocenters. The van der Waals surface area contributed by atoms with Crippen molar-refractivity contribution in [3.8, 4) is 0 Å². The van der Waals surface area contributed by atoms with Crippen LogP contribution in [0, 0.1) is 5.92 Å². The highest BCUT2D eigenvalue weighted by Gasteiger charge is 2.29. The van der Waals surface area contributed by atoms with E-state index in [0.29, 0.717) is 12.5 Å². The second-order valence-electron chi connectivity index (χ2n) is 4.86. The van der Waals surface area contributed by atoms with Crippen molar-refractivity contribution in [2.75, 3.05) is 13.6 Å². The highest BCUT2D eigenvalue weighted by Crippen LogP contribution is 2.29. The number of rotatable bonds is 5. The summed E-state index contributed by atoms with van der Waals surface area (Å²) in [6, 6.07) is 1.37. The molecule has 0 bridgehead atoms. The SMILES string of the molecule is CN(CC1CCCC1)S(=O)(=O)c1ccsc1C(=O)O. The summed E-state index contributed by atoms with van der Waals surface area (Å²) in [5.41, 5.74) is 0. The standard InChI is InChI=1S/C12H17NO4S2/c1-13(8-9-4-2-3-5-9)19(16,17)10-6-7-18-11(10)12(14)15/h6-7,9H,2-5,8H2,1H3,(H,14,15). The molecule has 1 aromatic rings. The first-order chi connectivity index (χ1) is 8.93. The summed E-state index contributed by atoms with van der Waals surface area (Å²) < 4.78 is 26.0. The van der Waals surface area contributed by atoms with Gasteiger partial charge in [-0.25, -0.2) is 17.5 Å². The van der Waals surface area contributed by atoms with E-state index in [4.69, 9.17) is 5.11 Å². The van der Waals surface area contributed by atoms with Crippen LogP contribution in [0.3, 0.4) is 0 Å². The minimum Gasteiger partial charge on any atom is -0.477 e. The van der Waals surface area contributed by atoms with Gasteiger partial charge in [0.25, 0.3) is 0 Å². The Kier molecular flexibility index (Phi) is 4.27. The molecule has 0 amide bonds. The van der Waals surface area contributed by atoms with E-state index in [-0.39, 0.29) is 9.77 Å². The van der Waals surface area contributed by atoms with E-state index >= 15 is 0 Å². The highest BCUT2D eigenvalue weighted by molar-refractivity contribution is 7.89. The van der Waals surface area contributed by atoms with Gasteiger partial charge in [-0.15, -0.1) is 11.3 Å². The molecule has 1 aromatic heterocycles. The zero-order valence-electron chi connectivity index (χ0n) is 10.7. The van der Waals surface area contributed by atoms with E-state index in [9.17, 15) is 13.2 Å². The van der Waals surface area contributed by atoms with Crippen molar-refractivity contribution in [1.29, 1.82) is 0 Å². The first-order valence-corrected chi connectivity index (χ1v) is 8.52. The van der Waals surface area contributed by atoms with Crippen LogP contribution in [0.25, 0.3) is 0 Å². The van der Waals surface area contributed by atoms with E-state index in [1.807, 2.05) is 0 Å². The maximum absolute atomic E-state index is 12.4. The number of hydrogen-bond acceptors (Lipinski definition) is 4. The summed E-state index contributed by atoms with van der Waals surface area (Å²) in [7, 11) is -2.17. The first kappa shape index (κ1) is 14.5. The van der Waals surface area contributed by atoms with Crippen molar-refractivity contribution in [3.05, 3.63) is 16.3 Å². The van der Waals surface area contributed by atoms with E-state index in [1.54, 1.807) is 0 Å². The Hall–Kier alpha value is -0.920. The fraction of sp³-hybridized carbons (Fsp3) is 0.583. The molecule has 1 N–H and O–H groups in total. The molecule has 1 aliphatic rings. The monoisotopic (exact) mass is 303 g/mol. The fourth-order valence-electron chi connectivity index (χ4n) is 2.48. The second-order valence-corrected chi connectivity index (χ2v) is 7.78. The zero-order valence-corrected chi connectivity index (χ0v) is 12.3. The lowest BCUT2D eigenvalue weighted by atomic mass is 10.1. The molecular formula is C12H17NO4S2. The van der Waals surface area contributed by atoms with E-state index in [2.05, 4.69) is 0 Å². The Morgan fingerprint density at radius 2 is 2.11 bits per heavy atom. The summed E-state index contributed by atoms with van der Waals surface area (Å²) in [5.74, 6) is -0.797. The minimum absolute atomic E-state index is 0.0921. The van der Waals surface area contributed by atoms with Gasteiger partial charge in [0.2, 0.25) is 10.0 Å². The molecule has 1 fully saturated rings. The Balaban J connectivity index is 2.20. The maximum Gasteiger partial charge on any atom is 0.347 e. The van der Waals surface area contributed by atoms with E-state index in [1.165, 1.54) is 22.8 Å². The number of thiophene rings is 1. The summed E-state index contributed by atoms with van der Waals surface area (Å²) >= 11 is 0.939. The van der Waals surface area contributed by atoms with Crippen LogP contribution < -0.4 is 0 Å². The van der Waals surface area contributed by atoms with Gasteiger partial charge in [-0.05, 0) is 30.2 Å². The Morgan fingerprint density at radius 3 is 2.68 bits per heavy atom. The normalized spacial score (nSPS) is 17.2. The van der Waals surface area contributed by atoms with Gasteiger partial charge < -0.3 is 5.11 Å². The molecule has 2 rings (SSSR count). The molecule has 1 saturated carbocycles. The molecule has 0 aliphatic heterocycles. The van der Waals surface area contributed by atoms with Crippen LogP contribution in [-0.4, -0.2) is 37.4 Å². The van der Waals surface area contributed by atoms with Gasteiger partial charge >= 0.3 is 5.97 Å². The molecule has 7 heteroatoms. The number of carbonyl (C=O) groups is 1. The summed E-state index contributed by atoms with van der Waals surface area (Å²) in [6.45, 7) is 0.469. The van der Waals surface area contributed by atoms with Crippen LogP contribution in [0.4, 0.5) is 0 Å². The molecule has 0 aromatic carbocycles. The average Bonchev–Trinajstić information content (AvgIpc) is 2.98. The molecule has 0 atom stereocenters. The minimum atomic E-state index is -3.70. The smallest absolute Gasteiger partial charge is 0.347 e. The van der Waals surface area contributed by atoms with Gasteiger partial charge in [0.1, 0.15) is 9.77 Å². The second kappa shape index (κ2) is 5.60. The van der Waals surface area contributed by atoms with E-state index in [0.717, 1.165) is 37.0 Å². The first-order valence-electron chi connectivity index (χ1n) is 6.20. The van der Waals surface area contributed by atoms with Crippen molar-refractivity contribution in [2.24, 2.45) is 5.92 Å². The van der Waals surface area contributed by atoms with Crippen molar-refractivity contribution in [2.45, 2.75) is 30.6 Å². The van der Waals surface area contributed by atoms with Gasteiger partial charge in [-0.3, -0.25) is 0 Å². The summed E-state index contributed by atoms with van der Waals surface area (Å²) in [5, 5.41) is 10.5. The maximum atomic E-state index is 12.4. The van der Waals surface area contributed by atoms with Crippen LogP contribution in [0.5, 0.6) is 0 Å². The molecule has 5 nitrogen and oxygen atoms in total. The molecule has 1 heterocycles. The van der Waals surface area contributed by atoms with Gasteiger partial charge in [0.05, 0.1) is 0 Å². The lowest BCUT2D eigenvalue weighted by molar-refractivity contribution is 0.0698. The quantitative estimate of drug-likeness (QED) is 0.905. The third kappa shape index (κ3) is 2.98. The third-order valence-corrected chi connectivity index (χ3v) is 6.40. The van der Waals surface area contributed by atoms with E-state index < -0.39 is 16.0 Å². The van der Waals surface area contributed by atoms with Crippen LogP contribution >= 0.6 is 11.3 Å². The number of hydrogen-bond donors (Lipinski definition) is 1.